The summed E-state index contributed by atoms with van der Waals surface area (Å²) in [5, 5.41) is 14.5. The zero-order valence-corrected chi connectivity index (χ0v) is 21.1. The smallest absolute Gasteiger partial charge is 0.227 e. The molecular weight excluding hydrogens is 493 g/mol. The number of amides is 1. The lowest BCUT2D eigenvalue weighted by molar-refractivity contribution is -0.200. The zero-order chi connectivity index (χ0) is 26.7. The lowest BCUT2D eigenvalue weighted by Crippen LogP contribution is -2.42. The molecule has 4 rings (SSSR count). The highest BCUT2D eigenvalue weighted by atomic mass is 19.1. The van der Waals surface area contributed by atoms with Gasteiger partial charge in [0.05, 0.1) is 55.1 Å². The molecule has 0 bridgehead atoms. The van der Waals surface area contributed by atoms with Crippen molar-refractivity contribution >= 4 is 11.9 Å². The number of carbonyl (C=O) groups excluding carboxylic acids is 1. The summed E-state index contributed by atoms with van der Waals surface area (Å²) in [5.74, 6) is 0.0776. The van der Waals surface area contributed by atoms with Crippen LogP contribution in [0.3, 0.4) is 0 Å². The molecule has 2 aromatic heterocycles. The van der Waals surface area contributed by atoms with Crippen LogP contribution >= 0.6 is 0 Å². The van der Waals surface area contributed by atoms with Crippen molar-refractivity contribution in [3.05, 3.63) is 48.2 Å². The molecule has 1 aromatic carbocycles. The molecule has 0 radical (unpaired) electrons. The fraction of sp³-hybridized carbons (Fsp3) is 0.423. The van der Waals surface area contributed by atoms with Crippen LogP contribution in [0.4, 0.5) is 10.3 Å². The van der Waals surface area contributed by atoms with E-state index >= 15 is 0 Å². The number of nitrogens with zero attached hydrogens (tertiary/aromatic N) is 4. The van der Waals surface area contributed by atoms with E-state index in [2.05, 4.69) is 25.6 Å². The van der Waals surface area contributed by atoms with Gasteiger partial charge < -0.3 is 29.8 Å². The molecule has 1 saturated heterocycles. The van der Waals surface area contributed by atoms with Gasteiger partial charge in [0.15, 0.2) is 6.29 Å². The van der Waals surface area contributed by atoms with Crippen molar-refractivity contribution in [2.75, 3.05) is 45.3 Å². The fourth-order valence-electron chi connectivity index (χ4n) is 3.88. The van der Waals surface area contributed by atoms with Crippen LogP contribution in [-0.2, 0) is 25.4 Å². The first-order valence-corrected chi connectivity index (χ1v) is 12.4. The van der Waals surface area contributed by atoms with Crippen LogP contribution in [0.15, 0.2) is 36.5 Å². The first-order valence-electron chi connectivity index (χ1n) is 12.4. The van der Waals surface area contributed by atoms with Gasteiger partial charge in [0, 0.05) is 38.6 Å². The minimum absolute atomic E-state index is 0.200. The molecule has 0 saturated carbocycles. The Morgan fingerprint density at radius 1 is 1.21 bits per heavy atom. The summed E-state index contributed by atoms with van der Waals surface area (Å²) < 4.78 is 30.2. The molecule has 1 fully saturated rings. The molecular formula is C26H30FN7O4. The van der Waals surface area contributed by atoms with Crippen molar-refractivity contribution in [3.63, 3.8) is 0 Å². The normalized spacial score (nSPS) is 17.1. The monoisotopic (exact) mass is 523 g/mol. The SMILES string of the molecule is COCCCNc1nccc(-c2[nH]c(CC3OCC(C(=O)NCCC#N)CO3)nc2-c2ccc(F)cc2)n1. The molecule has 11 nitrogen and oxygen atoms in total. The predicted octanol–water partition coefficient (Wildman–Crippen LogP) is 2.68. The van der Waals surface area contributed by atoms with Crippen LogP contribution in [0.5, 0.6) is 0 Å². The highest BCUT2D eigenvalue weighted by Crippen LogP contribution is 2.30. The Labute approximate surface area is 219 Å². The Hall–Kier alpha value is -3.92. The molecule has 200 valence electrons. The summed E-state index contributed by atoms with van der Waals surface area (Å²) in [6.07, 6.45) is 2.43. The number of halogens is 1. The lowest BCUT2D eigenvalue weighted by atomic mass is 10.1. The number of nitriles is 1. The average molecular weight is 524 g/mol. The standard InChI is InChI=1S/C26H30FN7O4/c1-36-13-3-11-30-26-31-12-8-20(32-26)24-23(17-4-6-19(27)7-5-17)33-21(34-24)14-22-37-15-18(16-38-22)25(35)29-10-2-9-28/h4-8,12,18,22H,2-3,10-11,13-16H2,1H3,(H,29,35)(H,33,34)(H,30,31,32). The second-order valence-corrected chi connectivity index (χ2v) is 8.65. The van der Waals surface area contributed by atoms with Crippen LogP contribution in [0.2, 0.25) is 0 Å². The first kappa shape index (κ1) is 27.1. The van der Waals surface area contributed by atoms with Gasteiger partial charge in [0.25, 0.3) is 0 Å². The molecule has 12 heteroatoms. The number of ether oxygens (including phenoxy) is 3. The van der Waals surface area contributed by atoms with Gasteiger partial charge in [-0.1, -0.05) is 0 Å². The molecule has 1 amide bonds. The second kappa shape index (κ2) is 13.6. The topological polar surface area (TPSA) is 147 Å². The number of anilines is 1. The van der Waals surface area contributed by atoms with Gasteiger partial charge in [-0.2, -0.15) is 5.26 Å². The number of imidazole rings is 1. The van der Waals surface area contributed by atoms with Crippen molar-refractivity contribution in [1.29, 1.82) is 5.26 Å². The number of aromatic amines is 1. The highest BCUT2D eigenvalue weighted by molar-refractivity contribution is 5.79. The third-order valence-corrected chi connectivity index (χ3v) is 5.82. The van der Waals surface area contributed by atoms with Gasteiger partial charge in [-0.3, -0.25) is 4.79 Å². The third-order valence-electron chi connectivity index (χ3n) is 5.82. The van der Waals surface area contributed by atoms with Gasteiger partial charge in [-0.05, 0) is 36.8 Å². The molecule has 3 aromatic rings. The maximum absolute atomic E-state index is 13.6. The van der Waals surface area contributed by atoms with E-state index in [1.165, 1.54) is 12.1 Å². The van der Waals surface area contributed by atoms with Gasteiger partial charge in [-0.15, -0.1) is 0 Å². The van der Waals surface area contributed by atoms with Crippen LogP contribution in [0.1, 0.15) is 18.7 Å². The largest absolute Gasteiger partial charge is 0.385 e. The van der Waals surface area contributed by atoms with Gasteiger partial charge in [-0.25, -0.2) is 19.3 Å². The molecule has 3 N–H and O–H groups in total. The Morgan fingerprint density at radius 2 is 2.00 bits per heavy atom. The number of aromatic nitrogens is 4. The molecule has 0 atom stereocenters. The maximum atomic E-state index is 13.6. The summed E-state index contributed by atoms with van der Waals surface area (Å²) in [7, 11) is 1.65. The fourth-order valence-corrected chi connectivity index (χ4v) is 3.88. The van der Waals surface area contributed by atoms with E-state index in [1.54, 1.807) is 31.5 Å². The molecule has 1 aliphatic rings. The van der Waals surface area contributed by atoms with Crippen molar-refractivity contribution in [1.82, 2.24) is 25.3 Å². The molecule has 38 heavy (non-hydrogen) atoms. The quantitative estimate of drug-likeness (QED) is 0.305. The Kier molecular flexibility index (Phi) is 9.69. The second-order valence-electron chi connectivity index (χ2n) is 8.65. The number of benzene rings is 1. The summed E-state index contributed by atoms with van der Waals surface area (Å²) in [5.41, 5.74) is 2.60. The van der Waals surface area contributed by atoms with Crippen LogP contribution in [0.25, 0.3) is 22.6 Å². The third kappa shape index (κ3) is 7.32. The number of hydrogen-bond acceptors (Lipinski definition) is 9. The van der Waals surface area contributed by atoms with E-state index in [-0.39, 0.29) is 31.4 Å². The summed E-state index contributed by atoms with van der Waals surface area (Å²) in [6.45, 7) is 1.98. The van der Waals surface area contributed by atoms with E-state index in [0.29, 0.717) is 55.0 Å². The van der Waals surface area contributed by atoms with E-state index in [1.807, 2.05) is 6.07 Å². The van der Waals surface area contributed by atoms with E-state index in [9.17, 15) is 9.18 Å². The average Bonchev–Trinajstić information content (AvgIpc) is 3.36. The van der Waals surface area contributed by atoms with Crippen LogP contribution in [0, 0.1) is 23.1 Å². The Balaban J connectivity index is 1.48. The molecule has 1 aliphatic heterocycles. The zero-order valence-electron chi connectivity index (χ0n) is 21.1. The number of hydrogen-bond donors (Lipinski definition) is 3. The van der Waals surface area contributed by atoms with E-state index in [0.717, 1.165) is 12.0 Å². The number of nitrogens with one attached hydrogen (secondary N) is 3. The molecule has 3 heterocycles. The summed E-state index contributed by atoms with van der Waals surface area (Å²) in [6, 6.07) is 9.84. The predicted molar refractivity (Wildman–Crippen MR) is 136 cm³/mol. The van der Waals surface area contributed by atoms with Crippen LogP contribution < -0.4 is 10.6 Å². The first-order chi connectivity index (χ1) is 18.6. The Bertz CT molecular complexity index is 1240. The van der Waals surface area contributed by atoms with Gasteiger partial charge >= 0.3 is 0 Å². The summed E-state index contributed by atoms with van der Waals surface area (Å²) >= 11 is 0. The lowest BCUT2D eigenvalue weighted by Gasteiger charge is -2.28. The molecule has 0 aliphatic carbocycles. The van der Waals surface area contributed by atoms with E-state index < -0.39 is 12.2 Å². The van der Waals surface area contributed by atoms with Crippen molar-refractivity contribution in [2.24, 2.45) is 5.92 Å². The van der Waals surface area contributed by atoms with Gasteiger partial charge in [0.1, 0.15) is 11.6 Å². The minimum Gasteiger partial charge on any atom is -0.385 e. The van der Waals surface area contributed by atoms with E-state index in [4.69, 9.17) is 24.5 Å². The number of H-pyrrole nitrogens is 1. The number of methoxy groups -OCH3 is 1. The summed E-state index contributed by atoms with van der Waals surface area (Å²) in [4.78, 5) is 29.2. The minimum atomic E-state index is -0.596. The molecule has 0 spiro atoms. The van der Waals surface area contributed by atoms with Crippen molar-refractivity contribution < 1.29 is 23.4 Å². The van der Waals surface area contributed by atoms with Gasteiger partial charge in [0.2, 0.25) is 11.9 Å². The molecule has 0 unspecified atom stereocenters. The number of rotatable bonds is 12. The van der Waals surface area contributed by atoms with Crippen LogP contribution in [-0.4, -0.2) is 72.2 Å². The number of carbonyl (C=O) groups is 1. The van der Waals surface area contributed by atoms with Crippen molar-refractivity contribution in [2.45, 2.75) is 25.6 Å². The maximum Gasteiger partial charge on any atom is 0.227 e. The highest BCUT2D eigenvalue weighted by Gasteiger charge is 2.28. The van der Waals surface area contributed by atoms with Crippen molar-refractivity contribution in [3.8, 4) is 28.7 Å². The Morgan fingerprint density at radius 3 is 2.74 bits per heavy atom.